The molecule has 0 spiro atoms. The minimum Gasteiger partial charge on any atom is -0.254 e. The molecule has 138 valence electrons. The van der Waals surface area contributed by atoms with Gasteiger partial charge in [-0.1, -0.05) is 0 Å². The number of hydrogen-bond donors (Lipinski definition) is 4. The number of hydrogen-bond acceptors (Lipinski definition) is 4. The minimum absolute atomic E-state index is 0.833. The molecule has 0 saturated heterocycles. The Morgan fingerprint density at radius 1 is 0.739 bits per heavy atom. The Bertz CT molecular complexity index is 227. The minimum atomic E-state index is -3.67. The third kappa shape index (κ3) is 3990. The molecule has 0 saturated carbocycles. The van der Waals surface area contributed by atoms with Crippen LogP contribution in [0.25, 0.3) is 0 Å². The van der Waals surface area contributed by atoms with E-state index in [2.05, 4.69) is 6.92 Å². The van der Waals surface area contributed by atoms with Crippen molar-refractivity contribution in [3.05, 3.63) is 0 Å². The molecule has 2 radical (unpaired) electrons. The molecule has 0 aliphatic heterocycles. The fourth-order valence-electron chi connectivity index (χ4n) is 0. The van der Waals surface area contributed by atoms with E-state index in [1.807, 2.05) is 0 Å². The SMILES string of the molecule is CC(=O)O.CC(=O)O.CC(=O)O.CC(=O)O.C[CH2][PbH].FB(F)F. The van der Waals surface area contributed by atoms with E-state index in [1.165, 1.54) is 29.7 Å². The second-order valence-electron chi connectivity index (χ2n) is 2.73. The topological polar surface area (TPSA) is 149 Å². The second kappa shape index (κ2) is 37.2. The Morgan fingerprint density at radius 3 is 0.739 bits per heavy atom. The molecule has 0 aromatic heterocycles. The predicted octanol–water partition coefficient (Wildman–Crippen LogP) is 1.57. The third-order valence-corrected chi connectivity index (χ3v) is 0. The first-order valence-electron chi connectivity index (χ1n) is 5.48. The molecule has 0 aliphatic carbocycles. The van der Waals surface area contributed by atoms with Crippen molar-refractivity contribution in [2.24, 2.45) is 0 Å². The van der Waals surface area contributed by atoms with Gasteiger partial charge in [-0.25, -0.2) is 0 Å². The molecule has 0 atom stereocenters. The fraction of sp³-hybridized carbons (Fsp3) is 0.600. The Labute approximate surface area is 148 Å². The number of halogens is 3. The van der Waals surface area contributed by atoms with Gasteiger partial charge < -0.3 is 20.4 Å². The van der Waals surface area contributed by atoms with E-state index in [-0.39, 0.29) is 0 Å². The van der Waals surface area contributed by atoms with Gasteiger partial charge in [0.15, 0.2) is 0 Å². The fourth-order valence-corrected chi connectivity index (χ4v) is 0. The van der Waals surface area contributed by atoms with Gasteiger partial charge in [-0.05, 0) is 0 Å². The Hall–Kier alpha value is -1.34. The molecule has 0 heterocycles. The van der Waals surface area contributed by atoms with Crippen molar-refractivity contribution in [3.63, 3.8) is 0 Å². The van der Waals surface area contributed by atoms with Gasteiger partial charge >= 0.3 is 44.2 Å². The van der Waals surface area contributed by atoms with Crippen molar-refractivity contribution in [1.29, 1.82) is 0 Å². The maximum absolute atomic E-state index is 9.67. The first kappa shape index (κ1) is 37.7. The Kier molecular flexibility index (Phi) is 60.9. The molecule has 23 heavy (non-hydrogen) atoms. The summed E-state index contributed by atoms with van der Waals surface area (Å²) in [6.45, 7) is 6.53. The summed E-state index contributed by atoms with van der Waals surface area (Å²) in [4.78, 5) is 36.0. The molecule has 0 fully saturated rings. The molecule has 0 aliphatic rings. The molecule has 0 aromatic rings. The molecular formula is C10H22BF3O8Pb. The Balaban J connectivity index is -0.0000000378. The molecule has 13 heteroatoms. The van der Waals surface area contributed by atoms with Gasteiger partial charge in [0, 0.05) is 27.7 Å². The molecule has 0 amide bonds. The molecule has 0 aromatic carbocycles. The molecule has 4 N–H and O–H groups in total. The predicted molar refractivity (Wildman–Crippen MR) is 79.9 cm³/mol. The first-order valence-corrected chi connectivity index (χ1v) is 8.66. The van der Waals surface area contributed by atoms with Gasteiger partial charge in [-0.3, -0.25) is 32.1 Å². The second-order valence-corrected chi connectivity index (χ2v) is 5.91. The molecular weight excluding hydrogens is 523 g/mol. The van der Waals surface area contributed by atoms with E-state index in [4.69, 9.17) is 39.6 Å². The van der Waals surface area contributed by atoms with Crippen molar-refractivity contribution in [1.82, 2.24) is 0 Å². The third-order valence-electron chi connectivity index (χ3n) is 0. The van der Waals surface area contributed by atoms with Crippen LogP contribution in [0.1, 0.15) is 34.6 Å². The monoisotopic (exact) mass is 546 g/mol. The van der Waals surface area contributed by atoms with Gasteiger partial charge in [0.2, 0.25) is 0 Å². The molecule has 8 nitrogen and oxygen atoms in total. The van der Waals surface area contributed by atoms with Crippen molar-refractivity contribution in [2.75, 3.05) is 0 Å². The van der Waals surface area contributed by atoms with Crippen LogP contribution in [0.3, 0.4) is 0 Å². The molecule has 0 unspecified atom stereocenters. The van der Waals surface area contributed by atoms with Crippen LogP contribution in [-0.2, 0) is 19.2 Å². The molecule has 0 rings (SSSR count). The summed E-state index contributed by atoms with van der Waals surface area (Å²) >= 11 is 1.22. The smallest absolute Gasteiger partial charge is 0.254 e. The van der Waals surface area contributed by atoms with Crippen LogP contribution in [0.4, 0.5) is 12.9 Å². The van der Waals surface area contributed by atoms with Gasteiger partial charge in [-0.15, -0.1) is 0 Å². The van der Waals surface area contributed by atoms with Crippen molar-refractivity contribution >= 4 is 57.2 Å². The summed E-state index contributed by atoms with van der Waals surface area (Å²) in [6.07, 6.45) is 0. The van der Waals surface area contributed by atoms with Crippen LogP contribution < -0.4 is 0 Å². The van der Waals surface area contributed by atoms with E-state index in [1.54, 1.807) is 0 Å². The van der Waals surface area contributed by atoms with Crippen LogP contribution in [0.15, 0.2) is 0 Å². The van der Waals surface area contributed by atoms with Crippen molar-refractivity contribution in [2.45, 2.75) is 38.6 Å². The van der Waals surface area contributed by atoms with Crippen molar-refractivity contribution in [3.8, 4) is 0 Å². The van der Waals surface area contributed by atoms with Gasteiger partial charge in [0.25, 0.3) is 23.9 Å². The van der Waals surface area contributed by atoms with Crippen LogP contribution in [0.5, 0.6) is 0 Å². The maximum atomic E-state index is 9.67. The quantitative estimate of drug-likeness (QED) is 0.336. The molecule has 0 bridgehead atoms. The number of aliphatic carboxylic acids is 4. The summed E-state index contributed by atoms with van der Waals surface area (Å²) in [7, 11) is -3.67. The first-order chi connectivity index (χ1) is 10.1. The Morgan fingerprint density at radius 2 is 0.739 bits per heavy atom. The van der Waals surface area contributed by atoms with Crippen LogP contribution in [0.2, 0.25) is 3.98 Å². The van der Waals surface area contributed by atoms with Gasteiger partial charge in [0.1, 0.15) is 0 Å². The maximum Gasteiger partial charge on any atom is 0.762 e. The van der Waals surface area contributed by atoms with E-state index in [9.17, 15) is 12.9 Å². The number of carboxylic acids is 4. The zero-order valence-electron chi connectivity index (χ0n) is 13.4. The zero-order valence-corrected chi connectivity index (χ0v) is 17.9. The summed E-state index contributed by atoms with van der Waals surface area (Å²) < 4.78 is 30.4. The van der Waals surface area contributed by atoms with E-state index in [0.717, 1.165) is 27.7 Å². The number of rotatable bonds is 0. The number of carbonyl (C=O) groups is 4. The van der Waals surface area contributed by atoms with E-state index < -0.39 is 31.4 Å². The van der Waals surface area contributed by atoms with Crippen LogP contribution >= 0.6 is 0 Å². The average molecular weight is 545 g/mol. The van der Waals surface area contributed by atoms with E-state index >= 15 is 0 Å². The van der Waals surface area contributed by atoms with Crippen LogP contribution in [-0.4, -0.2) is 77.6 Å². The largest absolute Gasteiger partial charge is 0.762 e. The van der Waals surface area contributed by atoms with E-state index in [0.29, 0.717) is 0 Å². The number of carboxylic acid groups (broad SMARTS) is 4. The zero-order chi connectivity index (χ0) is 20.6. The average Bonchev–Trinajstić information content (AvgIpc) is 2.11. The standard InChI is InChI=1S/4C2H4O2.C2H5.BF3.Pb.H/c4*1-2(3)4;1-2;2-1(3)4;;/h4*1H3,(H,3,4);1H2,2H3;;;. The van der Waals surface area contributed by atoms with Crippen LogP contribution in [0, 0.1) is 0 Å². The summed E-state index contributed by atoms with van der Waals surface area (Å²) in [5.74, 6) is -3.33. The normalized spacial score (nSPS) is 6.30. The summed E-state index contributed by atoms with van der Waals surface area (Å²) in [5, 5.41) is 29.7. The van der Waals surface area contributed by atoms with Gasteiger partial charge in [0.05, 0.1) is 0 Å². The summed E-state index contributed by atoms with van der Waals surface area (Å²) in [6, 6.07) is 0. The van der Waals surface area contributed by atoms with Gasteiger partial charge in [-0.2, -0.15) is 0 Å². The summed E-state index contributed by atoms with van der Waals surface area (Å²) in [5.41, 5.74) is 0. The van der Waals surface area contributed by atoms with Crippen molar-refractivity contribution < 1.29 is 52.6 Å².